The van der Waals surface area contributed by atoms with Crippen LogP contribution in [0.2, 0.25) is 0 Å². The lowest BCUT2D eigenvalue weighted by Crippen LogP contribution is -2.50. The van der Waals surface area contributed by atoms with Gasteiger partial charge in [0.1, 0.15) is 5.82 Å². The predicted molar refractivity (Wildman–Crippen MR) is 123 cm³/mol. The molecule has 0 bridgehead atoms. The number of nitrogens with zero attached hydrogens (tertiary/aromatic N) is 4. The van der Waals surface area contributed by atoms with Crippen LogP contribution in [0.4, 0.5) is 0 Å². The first kappa shape index (κ1) is 22.5. The normalized spacial score (nSPS) is 20.1. The van der Waals surface area contributed by atoms with Gasteiger partial charge in [0.2, 0.25) is 0 Å². The van der Waals surface area contributed by atoms with Gasteiger partial charge in [0.25, 0.3) is 0 Å². The largest absolute Gasteiger partial charge is 0.354 e. The van der Waals surface area contributed by atoms with E-state index in [1.54, 1.807) is 0 Å². The fraction of sp³-hybridized carbons (Fsp3) is 0.800. The molecule has 1 aliphatic carbocycles. The van der Waals surface area contributed by atoms with Crippen LogP contribution in [-0.2, 0) is 13.1 Å². The molecule has 0 amide bonds. The van der Waals surface area contributed by atoms with Gasteiger partial charge < -0.3 is 20.1 Å². The highest BCUT2D eigenvalue weighted by molar-refractivity contribution is 14.0. The first-order chi connectivity index (χ1) is 12.7. The molecule has 27 heavy (non-hydrogen) atoms. The Morgan fingerprint density at radius 1 is 1.22 bits per heavy atom. The van der Waals surface area contributed by atoms with Crippen molar-refractivity contribution in [1.82, 2.24) is 25.1 Å². The molecule has 0 radical (unpaired) electrons. The highest BCUT2D eigenvalue weighted by atomic mass is 127. The lowest BCUT2D eigenvalue weighted by atomic mass is 10.0. The molecule has 3 rings (SSSR count). The van der Waals surface area contributed by atoms with Gasteiger partial charge in [0, 0.05) is 51.2 Å². The molecule has 6 nitrogen and oxygen atoms in total. The van der Waals surface area contributed by atoms with E-state index >= 15 is 0 Å². The van der Waals surface area contributed by atoms with Gasteiger partial charge in [-0.2, -0.15) is 0 Å². The third-order valence-electron chi connectivity index (χ3n) is 5.71. The Kier molecular flexibility index (Phi) is 9.35. The number of likely N-dealkylation sites (tertiary alicyclic amines) is 1. The summed E-state index contributed by atoms with van der Waals surface area (Å²) in [5.74, 6) is 2.58. The van der Waals surface area contributed by atoms with Crippen molar-refractivity contribution in [2.24, 2.45) is 10.9 Å². The van der Waals surface area contributed by atoms with E-state index in [-0.39, 0.29) is 24.0 Å². The van der Waals surface area contributed by atoms with Crippen molar-refractivity contribution in [2.75, 3.05) is 20.1 Å². The monoisotopic (exact) mass is 488 g/mol. The molecule has 0 unspecified atom stereocenters. The van der Waals surface area contributed by atoms with E-state index in [1.807, 2.05) is 13.2 Å². The van der Waals surface area contributed by atoms with Gasteiger partial charge in [-0.05, 0) is 31.6 Å². The number of halogens is 1. The van der Waals surface area contributed by atoms with Gasteiger partial charge in [-0.25, -0.2) is 4.98 Å². The molecule has 1 aliphatic heterocycles. The number of nitrogens with one attached hydrogen (secondary N) is 2. The third-order valence-corrected chi connectivity index (χ3v) is 5.71. The average molecular weight is 488 g/mol. The van der Waals surface area contributed by atoms with Crippen molar-refractivity contribution < 1.29 is 0 Å². The van der Waals surface area contributed by atoms with Crippen LogP contribution in [0.25, 0.3) is 0 Å². The van der Waals surface area contributed by atoms with Crippen LogP contribution in [0.5, 0.6) is 0 Å². The van der Waals surface area contributed by atoms with Crippen molar-refractivity contribution in [2.45, 2.75) is 77.5 Å². The zero-order chi connectivity index (χ0) is 18.4. The number of guanidine groups is 1. The quantitative estimate of drug-likeness (QED) is 0.367. The van der Waals surface area contributed by atoms with Crippen LogP contribution in [0.15, 0.2) is 17.4 Å². The second kappa shape index (κ2) is 11.2. The number of aliphatic imine (C=N–C) groups is 1. The maximum atomic E-state index is 4.49. The topological polar surface area (TPSA) is 57.5 Å². The predicted octanol–water partition coefficient (Wildman–Crippen LogP) is 3.23. The van der Waals surface area contributed by atoms with Crippen molar-refractivity contribution in [1.29, 1.82) is 0 Å². The molecule has 2 N–H and O–H groups in total. The van der Waals surface area contributed by atoms with Gasteiger partial charge in [-0.1, -0.05) is 26.7 Å². The number of imidazole rings is 1. The maximum absolute atomic E-state index is 4.49. The summed E-state index contributed by atoms with van der Waals surface area (Å²) in [6.45, 7) is 8.62. The Balaban J connectivity index is 0.00000261. The Morgan fingerprint density at radius 3 is 2.56 bits per heavy atom. The molecule has 1 saturated heterocycles. The molecule has 2 fully saturated rings. The SMILES string of the molecule is CN=C(NCc1nccn1CC(C)C)NC1CCN(C2CCCC2)CC1.I. The van der Waals surface area contributed by atoms with E-state index in [1.165, 1.54) is 51.6 Å². The minimum Gasteiger partial charge on any atom is -0.354 e. The standard InChI is InChI=1S/C20H36N6.HI/c1-16(2)15-26-13-10-22-19(26)14-23-20(21-3)24-17-8-11-25(12-9-17)18-6-4-5-7-18;/h10,13,16-18H,4-9,11-12,14-15H2,1-3H3,(H2,21,23,24);1H. The molecule has 0 spiro atoms. The van der Waals surface area contributed by atoms with Crippen LogP contribution in [-0.4, -0.2) is 52.6 Å². The molecule has 1 aromatic heterocycles. The van der Waals surface area contributed by atoms with Crippen molar-refractivity contribution in [3.05, 3.63) is 18.2 Å². The minimum absolute atomic E-state index is 0. The summed E-state index contributed by atoms with van der Waals surface area (Å²) < 4.78 is 2.23. The second-order valence-electron chi connectivity index (χ2n) is 8.21. The van der Waals surface area contributed by atoms with Gasteiger partial charge >= 0.3 is 0 Å². The molecule has 154 valence electrons. The van der Waals surface area contributed by atoms with Gasteiger partial charge in [0.05, 0.1) is 6.54 Å². The molecule has 2 heterocycles. The van der Waals surface area contributed by atoms with E-state index in [4.69, 9.17) is 0 Å². The molecular weight excluding hydrogens is 451 g/mol. The smallest absolute Gasteiger partial charge is 0.191 e. The lowest BCUT2D eigenvalue weighted by Gasteiger charge is -2.36. The highest BCUT2D eigenvalue weighted by Gasteiger charge is 2.27. The molecule has 0 atom stereocenters. The Labute approximate surface area is 181 Å². The van der Waals surface area contributed by atoms with E-state index < -0.39 is 0 Å². The minimum atomic E-state index is 0. The first-order valence-electron chi connectivity index (χ1n) is 10.4. The summed E-state index contributed by atoms with van der Waals surface area (Å²) in [6.07, 6.45) is 12.0. The summed E-state index contributed by atoms with van der Waals surface area (Å²) in [4.78, 5) is 11.6. The molecule has 1 aromatic rings. The van der Waals surface area contributed by atoms with Gasteiger partial charge in [-0.3, -0.25) is 4.99 Å². The Hall–Kier alpha value is -0.830. The van der Waals surface area contributed by atoms with Gasteiger partial charge in [0.15, 0.2) is 5.96 Å². The van der Waals surface area contributed by atoms with Crippen molar-refractivity contribution in [3.63, 3.8) is 0 Å². The molecule has 0 aromatic carbocycles. The van der Waals surface area contributed by atoms with Crippen LogP contribution in [0.3, 0.4) is 0 Å². The average Bonchev–Trinajstić information content (AvgIpc) is 3.31. The maximum Gasteiger partial charge on any atom is 0.191 e. The Morgan fingerprint density at radius 2 is 1.93 bits per heavy atom. The Bertz CT molecular complexity index is 571. The molecule has 7 heteroatoms. The van der Waals surface area contributed by atoms with E-state index in [2.05, 4.69) is 50.1 Å². The number of rotatable bonds is 6. The van der Waals surface area contributed by atoms with E-state index in [0.717, 1.165) is 24.4 Å². The van der Waals surface area contributed by atoms with Crippen molar-refractivity contribution in [3.8, 4) is 0 Å². The van der Waals surface area contributed by atoms with E-state index in [9.17, 15) is 0 Å². The summed E-state index contributed by atoms with van der Waals surface area (Å²) >= 11 is 0. The molecule has 2 aliphatic rings. The first-order valence-corrected chi connectivity index (χ1v) is 10.4. The summed E-state index contributed by atoms with van der Waals surface area (Å²) in [5.41, 5.74) is 0. The number of hydrogen-bond acceptors (Lipinski definition) is 3. The summed E-state index contributed by atoms with van der Waals surface area (Å²) in [7, 11) is 1.85. The zero-order valence-electron chi connectivity index (χ0n) is 17.2. The lowest BCUT2D eigenvalue weighted by molar-refractivity contribution is 0.150. The molecular formula is C20H37IN6. The highest BCUT2D eigenvalue weighted by Crippen LogP contribution is 2.26. The fourth-order valence-electron chi connectivity index (χ4n) is 4.30. The number of aromatic nitrogens is 2. The summed E-state index contributed by atoms with van der Waals surface area (Å²) in [6, 6.07) is 1.38. The van der Waals surface area contributed by atoms with Crippen LogP contribution in [0.1, 0.15) is 58.2 Å². The van der Waals surface area contributed by atoms with E-state index in [0.29, 0.717) is 18.5 Å². The van der Waals surface area contributed by atoms with Crippen LogP contribution in [0, 0.1) is 5.92 Å². The third kappa shape index (κ3) is 6.62. The second-order valence-corrected chi connectivity index (χ2v) is 8.21. The van der Waals surface area contributed by atoms with Crippen LogP contribution >= 0.6 is 24.0 Å². The zero-order valence-corrected chi connectivity index (χ0v) is 19.5. The summed E-state index contributed by atoms with van der Waals surface area (Å²) in [5, 5.41) is 7.06. The van der Waals surface area contributed by atoms with Gasteiger partial charge in [-0.15, -0.1) is 24.0 Å². The molecule has 1 saturated carbocycles. The van der Waals surface area contributed by atoms with Crippen molar-refractivity contribution >= 4 is 29.9 Å². The van der Waals surface area contributed by atoms with Crippen LogP contribution < -0.4 is 10.6 Å². The number of hydrogen-bond donors (Lipinski definition) is 2. The fourth-order valence-corrected chi connectivity index (χ4v) is 4.30. The number of piperidine rings is 1.